The lowest BCUT2D eigenvalue weighted by atomic mass is 10.1. The topological polar surface area (TPSA) is 140 Å². The minimum atomic E-state index is -3.96. The van der Waals surface area contributed by atoms with Crippen molar-refractivity contribution >= 4 is 44.1 Å². The zero-order valence-corrected chi connectivity index (χ0v) is 20.4. The molecule has 2 aliphatic heterocycles. The normalized spacial score (nSPS) is 18.7. The highest BCUT2D eigenvalue weighted by Gasteiger charge is 2.41. The number of hydrazine groups is 1. The number of hydrogen-bond donors (Lipinski definition) is 4. The fraction of sp³-hybridized carbons (Fsp3) is 0.318. The number of fused-ring (bicyclic) bond motifs is 2. The Morgan fingerprint density at radius 3 is 2.77 bits per heavy atom. The fourth-order valence-electron chi connectivity index (χ4n) is 4.25. The first kappa shape index (κ1) is 23.5. The first-order valence-corrected chi connectivity index (χ1v) is 13.1. The van der Waals surface area contributed by atoms with Crippen LogP contribution in [0.15, 0.2) is 29.3 Å². The quantitative estimate of drug-likeness (QED) is 0.360. The molecule has 1 aromatic carbocycles. The Bertz CT molecular complexity index is 1450. The molecular weight excluding hydrogens is 490 g/mol. The molecule has 0 spiro atoms. The van der Waals surface area contributed by atoms with Gasteiger partial charge in [0.2, 0.25) is 5.91 Å². The van der Waals surface area contributed by atoms with Gasteiger partial charge in [0.1, 0.15) is 11.1 Å². The fourth-order valence-corrected chi connectivity index (χ4v) is 6.67. The molecule has 0 aliphatic carbocycles. The Labute approximate surface area is 205 Å². The summed E-state index contributed by atoms with van der Waals surface area (Å²) in [6, 6.07) is 5.72. The standard InChI is InChI=1S/C22H23N7O4S2/c1-3-13-4-5-15-14(8-13)9-19(26-15)35(32,33)28-6-7-29(17(12-28)20(30)23-2)22(31)21-27-16-10-24-25-11-18(16)34-21/h1,4-5,8-9,17,24-26H,6-7,10-12H2,2H3,(H,23,30). The number of thiazole rings is 1. The average Bonchev–Trinajstić information content (AvgIpc) is 3.51. The first-order valence-electron chi connectivity index (χ1n) is 10.9. The van der Waals surface area contributed by atoms with Crippen LogP contribution in [0, 0.1) is 12.3 Å². The molecule has 182 valence electrons. The molecule has 4 N–H and O–H groups in total. The van der Waals surface area contributed by atoms with Gasteiger partial charge in [-0.05, 0) is 24.3 Å². The Hall–Kier alpha value is -3.28. The van der Waals surface area contributed by atoms with Gasteiger partial charge >= 0.3 is 0 Å². The largest absolute Gasteiger partial charge is 0.357 e. The number of rotatable bonds is 4. The van der Waals surface area contributed by atoms with E-state index in [1.807, 2.05) is 0 Å². The van der Waals surface area contributed by atoms with Crippen molar-refractivity contribution in [3.05, 3.63) is 45.4 Å². The van der Waals surface area contributed by atoms with Gasteiger partial charge in [0.25, 0.3) is 15.9 Å². The molecule has 0 radical (unpaired) electrons. The van der Waals surface area contributed by atoms with Crippen molar-refractivity contribution < 1.29 is 18.0 Å². The summed E-state index contributed by atoms with van der Waals surface area (Å²) in [5, 5.41) is 3.51. The number of sulfonamides is 1. The van der Waals surface area contributed by atoms with E-state index in [1.54, 1.807) is 18.2 Å². The minimum absolute atomic E-state index is 0.00435. The molecule has 1 atom stereocenters. The minimum Gasteiger partial charge on any atom is -0.357 e. The lowest BCUT2D eigenvalue weighted by Crippen LogP contribution is -2.61. The van der Waals surface area contributed by atoms with Gasteiger partial charge in [0.15, 0.2) is 5.01 Å². The van der Waals surface area contributed by atoms with E-state index in [4.69, 9.17) is 6.42 Å². The van der Waals surface area contributed by atoms with Crippen LogP contribution in [0.4, 0.5) is 0 Å². The molecule has 2 aliphatic rings. The number of piperazine rings is 1. The van der Waals surface area contributed by atoms with Gasteiger partial charge in [-0.25, -0.2) is 13.4 Å². The van der Waals surface area contributed by atoms with Gasteiger partial charge < -0.3 is 15.2 Å². The monoisotopic (exact) mass is 513 g/mol. The van der Waals surface area contributed by atoms with E-state index in [2.05, 4.69) is 32.1 Å². The number of carbonyl (C=O) groups is 2. The zero-order valence-electron chi connectivity index (χ0n) is 18.8. The van der Waals surface area contributed by atoms with Gasteiger partial charge in [0, 0.05) is 54.6 Å². The number of aromatic amines is 1. The van der Waals surface area contributed by atoms with E-state index < -0.39 is 22.0 Å². The van der Waals surface area contributed by atoms with E-state index in [0.717, 1.165) is 10.6 Å². The van der Waals surface area contributed by atoms with E-state index in [0.29, 0.717) is 29.6 Å². The zero-order chi connectivity index (χ0) is 24.7. The molecule has 1 unspecified atom stereocenters. The summed E-state index contributed by atoms with van der Waals surface area (Å²) in [5.41, 5.74) is 8.06. The predicted octanol–water partition coefficient (Wildman–Crippen LogP) is -0.0252. The molecule has 0 saturated carbocycles. The van der Waals surface area contributed by atoms with Crippen LogP contribution in [-0.2, 0) is 27.9 Å². The number of H-pyrrole nitrogens is 1. The summed E-state index contributed by atoms with van der Waals surface area (Å²) in [6.07, 6.45) is 5.45. The summed E-state index contributed by atoms with van der Waals surface area (Å²) in [7, 11) is -2.50. The second kappa shape index (κ2) is 9.06. The van der Waals surface area contributed by atoms with Crippen LogP contribution in [0.2, 0.25) is 0 Å². The molecule has 35 heavy (non-hydrogen) atoms. The molecule has 3 aromatic rings. The lowest BCUT2D eigenvalue weighted by molar-refractivity contribution is -0.126. The molecule has 13 heteroatoms. The van der Waals surface area contributed by atoms with E-state index in [1.165, 1.54) is 33.7 Å². The van der Waals surface area contributed by atoms with Crippen molar-refractivity contribution in [1.29, 1.82) is 0 Å². The van der Waals surface area contributed by atoms with Crippen LogP contribution in [-0.4, -0.2) is 72.1 Å². The number of terminal acetylenes is 1. The highest BCUT2D eigenvalue weighted by molar-refractivity contribution is 7.89. The highest BCUT2D eigenvalue weighted by atomic mass is 32.2. The summed E-state index contributed by atoms with van der Waals surface area (Å²) in [4.78, 5) is 35.8. The molecule has 2 aromatic heterocycles. The third-order valence-electron chi connectivity index (χ3n) is 6.12. The van der Waals surface area contributed by atoms with E-state index in [9.17, 15) is 18.0 Å². The third kappa shape index (κ3) is 4.19. The summed E-state index contributed by atoms with van der Waals surface area (Å²) >= 11 is 1.28. The Morgan fingerprint density at radius 2 is 2.03 bits per heavy atom. The van der Waals surface area contributed by atoms with Crippen molar-refractivity contribution in [2.75, 3.05) is 26.7 Å². The Balaban J connectivity index is 1.41. The third-order valence-corrected chi connectivity index (χ3v) is 9.00. The second-order valence-corrected chi connectivity index (χ2v) is 11.2. The van der Waals surface area contributed by atoms with Crippen LogP contribution in [0.3, 0.4) is 0 Å². The number of benzene rings is 1. The number of hydrogen-bond acceptors (Lipinski definition) is 8. The molecule has 2 amide bonds. The van der Waals surface area contributed by atoms with Crippen LogP contribution in [0.5, 0.6) is 0 Å². The lowest BCUT2D eigenvalue weighted by Gasteiger charge is -2.39. The maximum Gasteiger partial charge on any atom is 0.283 e. The van der Waals surface area contributed by atoms with Crippen LogP contribution < -0.4 is 16.2 Å². The number of amides is 2. The van der Waals surface area contributed by atoms with Gasteiger partial charge in [-0.3, -0.25) is 20.4 Å². The summed E-state index contributed by atoms with van der Waals surface area (Å²) in [6.45, 7) is 0.974. The molecular formula is C22H23N7O4S2. The number of likely N-dealkylation sites (N-methyl/N-ethyl adjacent to an activating group) is 1. The number of aromatic nitrogens is 2. The van der Waals surface area contributed by atoms with Crippen LogP contribution in [0.25, 0.3) is 10.9 Å². The Morgan fingerprint density at radius 1 is 1.23 bits per heavy atom. The van der Waals surface area contributed by atoms with Crippen LogP contribution in [0.1, 0.15) is 25.9 Å². The van der Waals surface area contributed by atoms with Crippen molar-refractivity contribution in [3.63, 3.8) is 0 Å². The molecule has 1 fully saturated rings. The summed E-state index contributed by atoms with van der Waals surface area (Å²) in [5.74, 6) is 1.70. The van der Waals surface area contributed by atoms with Crippen LogP contribution >= 0.6 is 11.3 Å². The molecule has 0 bridgehead atoms. The predicted molar refractivity (Wildman–Crippen MR) is 130 cm³/mol. The van der Waals surface area contributed by atoms with Gasteiger partial charge in [0.05, 0.1) is 12.2 Å². The van der Waals surface area contributed by atoms with E-state index in [-0.39, 0.29) is 35.6 Å². The van der Waals surface area contributed by atoms with E-state index >= 15 is 0 Å². The van der Waals surface area contributed by atoms with Crippen molar-refractivity contribution in [2.24, 2.45) is 0 Å². The smallest absolute Gasteiger partial charge is 0.283 e. The summed E-state index contributed by atoms with van der Waals surface area (Å²) < 4.78 is 28.1. The number of carbonyl (C=O) groups excluding carboxylic acids is 2. The van der Waals surface area contributed by atoms with Crippen molar-refractivity contribution in [1.82, 2.24) is 35.3 Å². The van der Waals surface area contributed by atoms with Gasteiger partial charge in [-0.2, -0.15) is 4.31 Å². The number of nitrogens with zero attached hydrogens (tertiary/aromatic N) is 3. The van der Waals surface area contributed by atoms with Gasteiger partial charge in [-0.15, -0.1) is 17.8 Å². The van der Waals surface area contributed by atoms with Gasteiger partial charge in [-0.1, -0.05) is 5.92 Å². The van der Waals surface area contributed by atoms with Crippen molar-refractivity contribution in [3.8, 4) is 12.3 Å². The highest BCUT2D eigenvalue weighted by Crippen LogP contribution is 2.27. The number of nitrogens with one attached hydrogen (secondary N) is 4. The second-order valence-electron chi connectivity index (χ2n) is 8.17. The average molecular weight is 514 g/mol. The molecule has 5 rings (SSSR count). The maximum absolute atomic E-state index is 13.4. The molecule has 11 nitrogen and oxygen atoms in total. The SMILES string of the molecule is C#Cc1ccc2[nH]c(S(=O)(=O)N3CCN(C(=O)c4nc5c(s4)CNNC5)C(C(=O)NC)C3)cc2c1. The molecule has 1 saturated heterocycles. The first-order chi connectivity index (χ1) is 16.8. The Kier molecular flexibility index (Phi) is 6.07. The maximum atomic E-state index is 13.4. The molecule has 4 heterocycles. The van der Waals surface area contributed by atoms with Crippen molar-refractivity contribution in [2.45, 2.75) is 24.2 Å².